The van der Waals surface area contributed by atoms with Crippen LogP contribution in [0, 0.1) is 11.3 Å². The van der Waals surface area contributed by atoms with Gasteiger partial charge < -0.3 is 14.9 Å². The minimum absolute atomic E-state index is 0.283. The Bertz CT molecular complexity index is 626. The standard InChI is InChI=1S/C20H28O5/c1-12(9-15(22)10-13(2)11-21)5-6-14-7-8-16-17(20(14,3)4)19(24)25-18(16)23/h10-11,14-15,18,22-23H,1,5-9H2,2-4H3/b13-10+/t14-,15+,18+/m1/s1. The van der Waals surface area contributed by atoms with Crippen LogP contribution in [-0.2, 0) is 14.3 Å². The quantitative estimate of drug-likeness (QED) is 0.320. The molecule has 3 atom stereocenters. The number of ether oxygens (including phenoxy) is 1. The molecule has 2 aliphatic rings. The molecule has 138 valence electrons. The summed E-state index contributed by atoms with van der Waals surface area (Å²) in [6, 6.07) is 0. The van der Waals surface area contributed by atoms with Gasteiger partial charge in [0.05, 0.1) is 6.10 Å². The first kappa shape index (κ1) is 19.6. The van der Waals surface area contributed by atoms with Crippen molar-refractivity contribution in [3.8, 4) is 0 Å². The van der Waals surface area contributed by atoms with Gasteiger partial charge in [-0.05, 0) is 62.0 Å². The van der Waals surface area contributed by atoms with Crippen LogP contribution in [0.3, 0.4) is 0 Å². The summed E-state index contributed by atoms with van der Waals surface area (Å²) >= 11 is 0. The van der Waals surface area contributed by atoms with Crippen LogP contribution in [0.4, 0.5) is 0 Å². The van der Waals surface area contributed by atoms with Crippen LogP contribution in [0.25, 0.3) is 0 Å². The van der Waals surface area contributed by atoms with E-state index in [-0.39, 0.29) is 11.3 Å². The van der Waals surface area contributed by atoms with Crippen molar-refractivity contribution in [2.24, 2.45) is 11.3 Å². The molecule has 0 bridgehead atoms. The van der Waals surface area contributed by atoms with Crippen LogP contribution < -0.4 is 0 Å². The maximum atomic E-state index is 12.1. The summed E-state index contributed by atoms with van der Waals surface area (Å²) in [5.41, 5.74) is 2.44. The lowest BCUT2D eigenvalue weighted by molar-refractivity contribution is -0.152. The number of hydrogen-bond donors (Lipinski definition) is 2. The van der Waals surface area contributed by atoms with Crippen LogP contribution in [0.5, 0.6) is 0 Å². The number of esters is 1. The fourth-order valence-corrected chi connectivity index (χ4v) is 3.99. The second-order valence-corrected chi connectivity index (χ2v) is 7.70. The molecular formula is C20H28O5. The van der Waals surface area contributed by atoms with Crippen molar-refractivity contribution in [3.63, 3.8) is 0 Å². The minimum Gasteiger partial charge on any atom is -0.428 e. The summed E-state index contributed by atoms with van der Waals surface area (Å²) in [7, 11) is 0. The van der Waals surface area contributed by atoms with Crippen LogP contribution in [0.2, 0.25) is 0 Å². The van der Waals surface area contributed by atoms with Gasteiger partial charge in [-0.25, -0.2) is 4.79 Å². The molecule has 0 spiro atoms. The normalized spacial score (nSPS) is 26.9. The van der Waals surface area contributed by atoms with E-state index < -0.39 is 18.4 Å². The van der Waals surface area contributed by atoms with E-state index in [9.17, 15) is 19.8 Å². The lowest BCUT2D eigenvalue weighted by atomic mass is 9.64. The third-order valence-corrected chi connectivity index (χ3v) is 5.45. The largest absolute Gasteiger partial charge is 0.428 e. The molecule has 0 fully saturated rings. The maximum absolute atomic E-state index is 12.1. The topological polar surface area (TPSA) is 83.8 Å². The van der Waals surface area contributed by atoms with Gasteiger partial charge in [-0.15, -0.1) is 0 Å². The number of aliphatic hydroxyl groups excluding tert-OH is 2. The van der Waals surface area contributed by atoms with E-state index in [1.54, 1.807) is 6.92 Å². The molecule has 1 aliphatic carbocycles. The summed E-state index contributed by atoms with van der Waals surface area (Å²) in [4.78, 5) is 22.7. The first-order chi connectivity index (χ1) is 11.7. The first-order valence-corrected chi connectivity index (χ1v) is 8.77. The predicted octanol–water partition coefficient (Wildman–Crippen LogP) is 2.83. The summed E-state index contributed by atoms with van der Waals surface area (Å²) in [5, 5.41) is 19.8. The number of rotatable bonds is 7. The molecule has 0 unspecified atom stereocenters. The Hall–Kier alpha value is -1.72. The molecule has 0 aromatic rings. The highest BCUT2D eigenvalue weighted by Gasteiger charge is 2.47. The van der Waals surface area contributed by atoms with Gasteiger partial charge in [-0.1, -0.05) is 26.0 Å². The Morgan fingerprint density at radius 1 is 1.48 bits per heavy atom. The summed E-state index contributed by atoms with van der Waals surface area (Å²) in [5.74, 6) is -0.119. The van der Waals surface area contributed by atoms with Gasteiger partial charge >= 0.3 is 5.97 Å². The summed E-state index contributed by atoms with van der Waals surface area (Å²) in [6.45, 7) is 9.74. The number of hydrogen-bond acceptors (Lipinski definition) is 5. The zero-order chi connectivity index (χ0) is 18.8. The molecule has 1 heterocycles. The maximum Gasteiger partial charge on any atom is 0.337 e. The number of aldehydes is 1. The van der Waals surface area contributed by atoms with Gasteiger partial charge in [0, 0.05) is 11.1 Å². The van der Waals surface area contributed by atoms with Crippen molar-refractivity contribution in [1.29, 1.82) is 0 Å². The van der Waals surface area contributed by atoms with Crippen molar-refractivity contribution in [2.75, 3.05) is 0 Å². The number of aliphatic hydroxyl groups is 2. The van der Waals surface area contributed by atoms with Crippen molar-refractivity contribution >= 4 is 12.3 Å². The highest BCUT2D eigenvalue weighted by Crippen LogP contribution is 2.50. The molecule has 0 aromatic carbocycles. The summed E-state index contributed by atoms with van der Waals surface area (Å²) < 4.78 is 4.97. The fourth-order valence-electron chi connectivity index (χ4n) is 3.99. The Labute approximate surface area is 149 Å². The SMILES string of the molecule is C=C(CC[C@@H]1CCC2=C(C(=O)O[C@@H]2O)C1(C)C)C[C@H](O)/C=C(\C)C=O. The number of cyclic esters (lactones) is 1. The second kappa shape index (κ2) is 7.67. The average Bonchev–Trinajstić information content (AvgIpc) is 2.81. The molecule has 25 heavy (non-hydrogen) atoms. The number of allylic oxidation sites excluding steroid dienone is 1. The molecule has 5 nitrogen and oxygen atoms in total. The lowest BCUT2D eigenvalue weighted by Gasteiger charge is -2.39. The van der Waals surface area contributed by atoms with Crippen molar-refractivity contribution in [3.05, 3.63) is 34.9 Å². The van der Waals surface area contributed by atoms with Gasteiger partial charge in [0.2, 0.25) is 6.29 Å². The van der Waals surface area contributed by atoms with Crippen LogP contribution in [0.15, 0.2) is 34.9 Å². The van der Waals surface area contributed by atoms with Gasteiger partial charge in [0.25, 0.3) is 0 Å². The monoisotopic (exact) mass is 348 g/mol. The first-order valence-electron chi connectivity index (χ1n) is 8.77. The van der Waals surface area contributed by atoms with Gasteiger partial charge in [-0.3, -0.25) is 4.79 Å². The third kappa shape index (κ3) is 4.28. The van der Waals surface area contributed by atoms with E-state index in [1.807, 2.05) is 13.8 Å². The molecule has 2 rings (SSSR count). The van der Waals surface area contributed by atoms with Crippen molar-refractivity contribution in [2.45, 2.75) is 65.3 Å². The average molecular weight is 348 g/mol. The lowest BCUT2D eigenvalue weighted by Crippen LogP contribution is -2.33. The van der Waals surface area contributed by atoms with Crippen LogP contribution >= 0.6 is 0 Å². The van der Waals surface area contributed by atoms with E-state index in [0.29, 0.717) is 24.0 Å². The number of carbonyl (C=O) groups is 2. The Balaban J connectivity index is 1.96. The van der Waals surface area contributed by atoms with E-state index in [0.717, 1.165) is 36.7 Å². The Kier molecular flexibility index (Phi) is 6.01. The Morgan fingerprint density at radius 2 is 2.16 bits per heavy atom. The molecule has 5 heteroatoms. The smallest absolute Gasteiger partial charge is 0.337 e. The van der Waals surface area contributed by atoms with Crippen molar-refractivity contribution < 1.29 is 24.5 Å². The second-order valence-electron chi connectivity index (χ2n) is 7.70. The third-order valence-electron chi connectivity index (χ3n) is 5.45. The molecule has 0 amide bonds. The number of carbonyl (C=O) groups excluding carboxylic acids is 2. The van der Waals surface area contributed by atoms with Gasteiger partial charge in [0.1, 0.15) is 6.29 Å². The zero-order valence-electron chi connectivity index (χ0n) is 15.2. The van der Waals surface area contributed by atoms with E-state index in [1.165, 1.54) is 6.08 Å². The molecule has 0 saturated carbocycles. The zero-order valence-corrected chi connectivity index (χ0v) is 15.2. The molecule has 1 aliphatic heterocycles. The van der Waals surface area contributed by atoms with Crippen molar-refractivity contribution in [1.82, 2.24) is 0 Å². The van der Waals surface area contributed by atoms with Crippen LogP contribution in [0.1, 0.15) is 52.9 Å². The highest BCUT2D eigenvalue weighted by molar-refractivity contribution is 5.93. The minimum atomic E-state index is -1.08. The molecule has 0 radical (unpaired) electrons. The molecular weight excluding hydrogens is 320 g/mol. The van der Waals surface area contributed by atoms with Gasteiger partial charge in [-0.2, -0.15) is 0 Å². The Morgan fingerprint density at radius 3 is 2.80 bits per heavy atom. The fraction of sp³-hybridized carbons (Fsp3) is 0.600. The predicted molar refractivity (Wildman–Crippen MR) is 94.4 cm³/mol. The molecule has 0 saturated heterocycles. The molecule has 0 aromatic heterocycles. The van der Waals surface area contributed by atoms with E-state index in [2.05, 4.69) is 6.58 Å². The highest BCUT2D eigenvalue weighted by atomic mass is 16.6. The van der Waals surface area contributed by atoms with E-state index >= 15 is 0 Å². The molecule has 2 N–H and O–H groups in total. The van der Waals surface area contributed by atoms with E-state index in [4.69, 9.17) is 4.74 Å². The summed E-state index contributed by atoms with van der Waals surface area (Å²) in [6.07, 6.45) is 4.06. The van der Waals surface area contributed by atoms with Crippen LogP contribution in [-0.4, -0.2) is 34.9 Å². The van der Waals surface area contributed by atoms with Gasteiger partial charge in [0.15, 0.2) is 0 Å².